The van der Waals surface area contributed by atoms with Crippen LogP contribution in [0.15, 0.2) is 42.5 Å². The van der Waals surface area contributed by atoms with Crippen LogP contribution < -0.4 is 15.4 Å². The molecule has 2 aromatic carbocycles. The number of thiocarbonyl (C=S) groups is 1. The number of carbonyl (C=O) groups excluding carboxylic acids is 1. The zero-order chi connectivity index (χ0) is 18.4. The van der Waals surface area contributed by atoms with Gasteiger partial charge in [0.1, 0.15) is 5.75 Å². The van der Waals surface area contributed by atoms with E-state index in [9.17, 15) is 4.79 Å². The Balaban J connectivity index is 1.89. The van der Waals surface area contributed by atoms with Gasteiger partial charge in [0.05, 0.1) is 0 Å². The van der Waals surface area contributed by atoms with Crippen LogP contribution in [0.3, 0.4) is 0 Å². The summed E-state index contributed by atoms with van der Waals surface area (Å²) in [7, 11) is 0. The van der Waals surface area contributed by atoms with Gasteiger partial charge < -0.3 is 10.1 Å². The molecule has 0 unspecified atom stereocenters. The molecule has 2 aromatic rings. The molecule has 0 spiro atoms. The normalized spacial score (nSPS) is 10.4. The SMILES string of the molecule is CC(C)c1ccccc1OCC(=O)NC(=S)Nc1cc(Cl)cc(Cl)c1. The molecule has 0 aliphatic carbocycles. The molecule has 4 nitrogen and oxygen atoms in total. The molecule has 2 rings (SSSR count). The first-order valence-corrected chi connectivity index (χ1v) is 8.80. The summed E-state index contributed by atoms with van der Waals surface area (Å²) in [5, 5.41) is 6.50. The van der Waals surface area contributed by atoms with Crippen LogP contribution in [-0.4, -0.2) is 17.6 Å². The summed E-state index contributed by atoms with van der Waals surface area (Å²) < 4.78 is 5.61. The second-order valence-electron chi connectivity index (χ2n) is 5.64. The lowest BCUT2D eigenvalue weighted by atomic mass is 10.0. The lowest BCUT2D eigenvalue weighted by Gasteiger charge is -2.14. The molecule has 7 heteroatoms. The lowest BCUT2D eigenvalue weighted by molar-refractivity contribution is -0.121. The zero-order valence-electron chi connectivity index (χ0n) is 13.8. The lowest BCUT2D eigenvalue weighted by Crippen LogP contribution is -2.37. The molecular formula is C18H18Cl2N2O2S. The summed E-state index contributed by atoms with van der Waals surface area (Å²) in [6.45, 7) is 4.00. The fourth-order valence-electron chi connectivity index (χ4n) is 2.18. The molecule has 0 atom stereocenters. The van der Waals surface area contributed by atoms with Gasteiger partial charge in [-0.25, -0.2) is 0 Å². The van der Waals surface area contributed by atoms with Crippen molar-refractivity contribution in [1.29, 1.82) is 0 Å². The Labute approximate surface area is 162 Å². The van der Waals surface area contributed by atoms with Gasteiger partial charge in [-0.05, 0) is 48.0 Å². The third-order valence-corrected chi connectivity index (χ3v) is 3.91. The van der Waals surface area contributed by atoms with Gasteiger partial charge in [0.2, 0.25) is 0 Å². The molecule has 0 radical (unpaired) electrons. The van der Waals surface area contributed by atoms with E-state index in [2.05, 4.69) is 24.5 Å². The summed E-state index contributed by atoms with van der Waals surface area (Å²) in [4.78, 5) is 12.0. The molecule has 25 heavy (non-hydrogen) atoms. The molecule has 0 aliphatic heterocycles. The summed E-state index contributed by atoms with van der Waals surface area (Å²) in [6.07, 6.45) is 0. The van der Waals surface area contributed by atoms with Gasteiger partial charge in [-0.15, -0.1) is 0 Å². The van der Waals surface area contributed by atoms with Crippen LogP contribution in [0.1, 0.15) is 25.3 Å². The van der Waals surface area contributed by atoms with Gasteiger partial charge >= 0.3 is 0 Å². The minimum atomic E-state index is -0.357. The van der Waals surface area contributed by atoms with Crippen LogP contribution in [0.2, 0.25) is 10.0 Å². The molecule has 132 valence electrons. The first-order chi connectivity index (χ1) is 11.8. The van der Waals surface area contributed by atoms with Gasteiger partial charge in [-0.2, -0.15) is 0 Å². The predicted molar refractivity (Wildman–Crippen MR) is 107 cm³/mol. The predicted octanol–water partition coefficient (Wildman–Crippen LogP) is 5.01. The van der Waals surface area contributed by atoms with E-state index < -0.39 is 0 Å². The summed E-state index contributed by atoms with van der Waals surface area (Å²) in [6, 6.07) is 12.5. The maximum absolute atomic E-state index is 12.0. The number of para-hydroxylation sites is 1. The molecule has 0 saturated heterocycles. The van der Waals surface area contributed by atoms with Crippen molar-refractivity contribution in [2.45, 2.75) is 19.8 Å². The van der Waals surface area contributed by atoms with Crippen LogP contribution in [0.5, 0.6) is 5.75 Å². The van der Waals surface area contributed by atoms with Crippen molar-refractivity contribution < 1.29 is 9.53 Å². The summed E-state index contributed by atoms with van der Waals surface area (Å²) in [5.41, 5.74) is 1.64. The smallest absolute Gasteiger partial charge is 0.264 e. The number of hydrogen-bond acceptors (Lipinski definition) is 3. The Morgan fingerprint density at radius 2 is 1.80 bits per heavy atom. The zero-order valence-corrected chi connectivity index (χ0v) is 16.1. The molecule has 0 aliphatic rings. The number of amides is 1. The van der Waals surface area contributed by atoms with Crippen molar-refractivity contribution in [2.75, 3.05) is 11.9 Å². The maximum atomic E-state index is 12.0. The van der Waals surface area contributed by atoms with E-state index >= 15 is 0 Å². The summed E-state index contributed by atoms with van der Waals surface area (Å²) in [5.74, 6) is 0.631. The molecular weight excluding hydrogens is 379 g/mol. The second-order valence-corrected chi connectivity index (χ2v) is 6.92. The first kappa shape index (κ1) is 19.5. The number of hydrogen-bond donors (Lipinski definition) is 2. The molecule has 0 saturated carbocycles. The topological polar surface area (TPSA) is 50.4 Å². The van der Waals surface area contributed by atoms with Crippen LogP contribution in [0, 0.1) is 0 Å². The number of benzene rings is 2. The van der Waals surface area contributed by atoms with Crippen LogP contribution in [0.25, 0.3) is 0 Å². The Hall–Kier alpha value is -1.82. The maximum Gasteiger partial charge on any atom is 0.264 e. The Morgan fingerprint density at radius 3 is 2.44 bits per heavy atom. The number of nitrogens with one attached hydrogen (secondary N) is 2. The van der Waals surface area contributed by atoms with Gasteiger partial charge in [-0.1, -0.05) is 55.2 Å². The van der Waals surface area contributed by atoms with E-state index in [1.807, 2.05) is 24.3 Å². The number of halogens is 2. The molecule has 0 fully saturated rings. The van der Waals surface area contributed by atoms with Crippen molar-refractivity contribution in [1.82, 2.24) is 5.32 Å². The minimum absolute atomic E-state index is 0.137. The van der Waals surface area contributed by atoms with E-state index in [1.54, 1.807) is 18.2 Å². The number of carbonyl (C=O) groups is 1. The average Bonchev–Trinajstić information content (AvgIpc) is 2.51. The van der Waals surface area contributed by atoms with Crippen molar-refractivity contribution in [2.24, 2.45) is 0 Å². The third kappa shape index (κ3) is 6.20. The number of rotatable bonds is 5. The van der Waals surface area contributed by atoms with Crippen molar-refractivity contribution >= 4 is 52.1 Å². The average molecular weight is 397 g/mol. The van der Waals surface area contributed by atoms with E-state index in [-0.39, 0.29) is 17.6 Å². The highest BCUT2D eigenvalue weighted by Gasteiger charge is 2.10. The van der Waals surface area contributed by atoms with Gasteiger partial charge in [-0.3, -0.25) is 10.1 Å². The molecule has 0 heterocycles. The van der Waals surface area contributed by atoms with E-state index in [1.165, 1.54) is 0 Å². The largest absolute Gasteiger partial charge is 0.483 e. The molecule has 1 amide bonds. The van der Waals surface area contributed by atoms with Gasteiger partial charge in [0.15, 0.2) is 11.7 Å². The van der Waals surface area contributed by atoms with Crippen LogP contribution in [-0.2, 0) is 4.79 Å². The first-order valence-electron chi connectivity index (χ1n) is 7.64. The van der Waals surface area contributed by atoms with Crippen molar-refractivity contribution in [3.05, 3.63) is 58.1 Å². The minimum Gasteiger partial charge on any atom is -0.483 e. The second kappa shape index (κ2) is 9.04. The van der Waals surface area contributed by atoms with Crippen molar-refractivity contribution in [3.8, 4) is 5.75 Å². The van der Waals surface area contributed by atoms with Gasteiger partial charge in [0, 0.05) is 15.7 Å². The fourth-order valence-corrected chi connectivity index (χ4v) is 2.94. The van der Waals surface area contributed by atoms with Crippen molar-refractivity contribution in [3.63, 3.8) is 0 Å². The Morgan fingerprint density at radius 1 is 1.16 bits per heavy atom. The van der Waals surface area contributed by atoms with Crippen LogP contribution >= 0.6 is 35.4 Å². The molecule has 0 aromatic heterocycles. The Kier molecular flexibility index (Phi) is 7.05. The van der Waals surface area contributed by atoms with Crippen LogP contribution in [0.4, 0.5) is 5.69 Å². The van der Waals surface area contributed by atoms with E-state index in [0.29, 0.717) is 27.4 Å². The standard InChI is InChI=1S/C18H18Cl2N2O2S/c1-11(2)15-5-3-4-6-16(15)24-10-17(23)22-18(25)21-14-8-12(19)7-13(20)9-14/h3-9,11H,10H2,1-2H3,(H2,21,22,23,25). The Bertz CT molecular complexity index is 761. The van der Waals surface area contributed by atoms with Gasteiger partial charge in [0.25, 0.3) is 5.91 Å². The highest BCUT2D eigenvalue weighted by Crippen LogP contribution is 2.25. The number of anilines is 1. The summed E-state index contributed by atoms with van der Waals surface area (Å²) >= 11 is 17.0. The third-order valence-electron chi connectivity index (χ3n) is 3.27. The monoisotopic (exact) mass is 396 g/mol. The quantitative estimate of drug-likeness (QED) is 0.697. The fraction of sp³-hybridized carbons (Fsp3) is 0.222. The van der Waals surface area contributed by atoms with E-state index in [4.69, 9.17) is 40.2 Å². The highest BCUT2D eigenvalue weighted by molar-refractivity contribution is 7.80. The number of ether oxygens (including phenoxy) is 1. The van der Waals surface area contributed by atoms with E-state index in [0.717, 1.165) is 5.56 Å². The highest BCUT2D eigenvalue weighted by atomic mass is 35.5. The molecule has 0 bridgehead atoms. The molecule has 2 N–H and O–H groups in total.